The lowest BCUT2D eigenvalue weighted by molar-refractivity contribution is 0.136. The smallest absolute Gasteiger partial charge is 0.191 e. The van der Waals surface area contributed by atoms with Gasteiger partial charge in [0, 0.05) is 46.3 Å². The summed E-state index contributed by atoms with van der Waals surface area (Å²) in [7, 11) is 1.83. The van der Waals surface area contributed by atoms with Crippen molar-refractivity contribution in [3.63, 3.8) is 0 Å². The summed E-state index contributed by atoms with van der Waals surface area (Å²) in [6.07, 6.45) is 2.42. The summed E-state index contributed by atoms with van der Waals surface area (Å²) in [5.74, 6) is 0.887. The molecule has 1 aromatic carbocycles. The molecule has 1 aromatic rings. The Labute approximate surface area is 153 Å². The first-order chi connectivity index (χ1) is 12.2. The van der Waals surface area contributed by atoms with Gasteiger partial charge in [-0.05, 0) is 38.4 Å². The topological polar surface area (TPSA) is 42.9 Å². The number of benzene rings is 1. The standard InChI is InChI=1S/C20H35N5/c1-4-24-12-14-25(15-13-24)11-6-5-10-22-20(21-3)23-17-19-9-7-8-18(2)16-19/h7-9,16H,4-6,10-15,17H2,1-3H3,(H2,21,22,23). The van der Waals surface area contributed by atoms with Crippen molar-refractivity contribution in [2.24, 2.45) is 4.99 Å². The Morgan fingerprint density at radius 3 is 2.52 bits per heavy atom. The van der Waals surface area contributed by atoms with Crippen LogP contribution < -0.4 is 10.6 Å². The van der Waals surface area contributed by atoms with Crippen LogP contribution in [0.15, 0.2) is 29.3 Å². The highest BCUT2D eigenvalue weighted by atomic mass is 15.3. The van der Waals surface area contributed by atoms with Gasteiger partial charge in [0.25, 0.3) is 0 Å². The van der Waals surface area contributed by atoms with Crippen molar-refractivity contribution in [3.8, 4) is 0 Å². The molecule has 5 nitrogen and oxygen atoms in total. The lowest BCUT2D eigenvalue weighted by Crippen LogP contribution is -2.46. The molecule has 0 aliphatic carbocycles. The first kappa shape index (κ1) is 19.7. The number of likely N-dealkylation sites (N-methyl/N-ethyl adjacent to an activating group) is 1. The Hall–Kier alpha value is -1.59. The summed E-state index contributed by atoms with van der Waals surface area (Å²) in [4.78, 5) is 9.43. The molecule has 1 aliphatic heterocycles. The van der Waals surface area contributed by atoms with Gasteiger partial charge in [0.1, 0.15) is 0 Å². The van der Waals surface area contributed by atoms with Crippen molar-refractivity contribution < 1.29 is 0 Å². The van der Waals surface area contributed by atoms with Crippen LogP contribution in [0.5, 0.6) is 0 Å². The molecule has 1 fully saturated rings. The van der Waals surface area contributed by atoms with Crippen LogP contribution in [0.3, 0.4) is 0 Å². The predicted octanol–water partition coefficient (Wildman–Crippen LogP) is 2.08. The number of nitrogens with one attached hydrogen (secondary N) is 2. The summed E-state index contributed by atoms with van der Waals surface area (Å²) in [5.41, 5.74) is 2.58. The number of hydrogen-bond acceptors (Lipinski definition) is 3. The van der Waals surface area contributed by atoms with Gasteiger partial charge in [-0.25, -0.2) is 0 Å². The molecule has 0 aromatic heterocycles. The molecule has 5 heteroatoms. The van der Waals surface area contributed by atoms with E-state index in [-0.39, 0.29) is 0 Å². The second kappa shape index (κ2) is 11.1. The van der Waals surface area contributed by atoms with Gasteiger partial charge in [-0.3, -0.25) is 4.99 Å². The number of guanidine groups is 1. The number of aryl methyl sites for hydroxylation is 1. The van der Waals surface area contributed by atoms with Crippen LogP contribution in [0.25, 0.3) is 0 Å². The van der Waals surface area contributed by atoms with Crippen molar-refractivity contribution >= 4 is 5.96 Å². The third-order valence-corrected chi connectivity index (χ3v) is 4.87. The monoisotopic (exact) mass is 345 g/mol. The van der Waals surface area contributed by atoms with Gasteiger partial charge in [0.2, 0.25) is 0 Å². The lowest BCUT2D eigenvalue weighted by atomic mass is 10.1. The summed E-state index contributed by atoms with van der Waals surface area (Å²) >= 11 is 0. The van der Waals surface area contributed by atoms with Crippen molar-refractivity contribution in [1.82, 2.24) is 20.4 Å². The molecule has 140 valence electrons. The predicted molar refractivity (Wildman–Crippen MR) is 107 cm³/mol. The second-order valence-electron chi connectivity index (χ2n) is 6.82. The Kier molecular flexibility index (Phi) is 8.77. The first-order valence-electron chi connectivity index (χ1n) is 9.66. The van der Waals surface area contributed by atoms with Crippen LogP contribution in [0, 0.1) is 6.92 Å². The van der Waals surface area contributed by atoms with Crippen molar-refractivity contribution in [1.29, 1.82) is 0 Å². The van der Waals surface area contributed by atoms with Gasteiger partial charge in [-0.1, -0.05) is 36.8 Å². The molecule has 0 saturated carbocycles. The Morgan fingerprint density at radius 2 is 1.84 bits per heavy atom. The van der Waals surface area contributed by atoms with E-state index in [1.165, 1.54) is 63.2 Å². The highest BCUT2D eigenvalue weighted by molar-refractivity contribution is 5.79. The number of unbranched alkanes of at least 4 members (excludes halogenated alkanes) is 1. The summed E-state index contributed by atoms with van der Waals surface area (Å²) < 4.78 is 0. The highest BCUT2D eigenvalue weighted by Crippen LogP contribution is 2.04. The number of hydrogen-bond donors (Lipinski definition) is 2. The zero-order valence-corrected chi connectivity index (χ0v) is 16.2. The van der Waals surface area contributed by atoms with E-state index in [0.717, 1.165) is 19.0 Å². The minimum atomic E-state index is 0.809. The van der Waals surface area contributed by atoms with E-state index in [4.69, 9.17) is 0 Å². The van der Waals surface area contributed by atoms with Crippen molar-refractivity contribution in [2.75, 3.05) is 52.9 Å². The fraction of sp³-hybridized carbons (Fsp3) is 0.650. The number of nitrogens with zero attached hydrogens (tertiary/aromatic N) is 3. The number of aliphatic imine (C=N–C) groups is 1. The van der Waals surface area contributed by atoms with E-state index < -0.39 is 0 Å². The molecule has 1 saturated heterocycles. The van der Waals surface area contributed by atoms with E-state index in [1.54, 1.807) is 0 Å². The van der Waals surface area contributed by atoms with Crippen LogP contribution in [0.1, 0.15) is 30.9 Å². The first-order valence-corrected chi connectivity index (χ1v) is 9.66. The lowest BCUT2D eigenvalue weighted by Gasteiger charge is -2.34. The molecule has 0 amide bonds. The molecular weight excluding hydrogens is 310 g/mol. The van der Waals surface area contributed by atoms with Crippen molar-refractivity contribution in [2.45, 2.75) is 33.2 Å². The largest absolute Gasteiger partial charge is 0.356 e. The quantitative estimate of drug-likeness (QED) is 0.430. The van der Waals surface area contributed by atoms with E-state index in [2.05, 4.69) is 63.5 Å². The zero-order chi connectivity index (χ0) is 17.9. The molecule has 0 unspecified atom stereocenters. The third-order valence-electron chi connectivity index (χ3n) is 4.87. The van der Waals surface area contributed by atoms with E-state index in [9.17, 15) is 0 Å². The summed E-state index contributed by atoms with van der Waals surface area (Å²) in [6.45, 7) is 13.5. The van der Waals surface area contributed by atoms with Crippen molar-refractivity contribution in [3.05, 3.63) is 35.4 Å². The molecule has 0 spiro atoms. The highest BCUT2D eigenvalue weighted by Gasteiger charge is 2.14. The Balaban J connectivity index is 1.55. The molecule has 1 heterocycles. The van der Waals surface area contributed by atoms with Crippen LogP contribution in [0.2, 0.25) is 0 Å². The zero-order valence-electron chi connectivity index (χ0n) is 16.2. The van der Waals surface area contributed by atoms with E-state index >= 15 is 0 Å². The average Bonchev–Trinajstić information content (AvgIpc) is 2.64. The maximum absolute atomic E-state index is 4.31. The minimum absolute atomic E-state index is 0.809. The summed E-state index contributed by atoms with van der Waals surface area (Å²) in [6, 6.07) is 8.58. The SMILES string of the molecule is CCN1CCN(CCCCNC(=NC)NCc2cccc(C)c2)CC1. The minimum Gasteiger partial charge on any atom is -0.356 e. The van der Waals surface area contributed by atoms with Gasteiger partial charge in [0.15, 0.2) is 5.96 Å². The van der Waals surface area contributed by atoms with Gasteiger partial charge in [0.05, 0.1) is 0 Å². The van der Waals surface area contributed by atoms with E-state index in [0.29, 0.717) is 0 Å². The van der Waals surface area contributed by atoms with E-state index in [1.807, 2.05) is 7.05 Å². The Morgan fingerprint density at radius 1 is 1.08 bits per heavy atom. The maximum atomic E-state index is 4.31. The molecule has 0 atom stereocenters. The fourth-order valence-corrected chi connectivity index (χ4v) is 3.22. The fourth-order valence-electron chi connectivity index (χ4n) is 3.22. The van der Waals surface area contributed by atoms with Crippen LogP contribution >= 0.6 is 0 Å². The van der Waals surface area contributed by atoms with Gasteiger partial charge in [-0.2, -0.15) is 0 Å². The second-order valence-corrected chi connectivity index (χ2v) is 6.82. The van der Waals surface area contributed by atoms with Gasteiger partial charge in [-0.15, -0.1) is 0 Å². The van der Waals surface area contributed by atoms with Gasteiger partial charge >= 0.3 is 0 Å². The van der Waals surface area contributed by atoms with Crippen LogP contribution in [-0.2, 0) is 6.54 Å². The average molecular weight is 346 g/mol. The normalized spacial score (nSPS) is 16.8. The number of piperazine rings is 1. The molecule has 25 heavy (non-hydrogen) atoms. The summed E-state index contributed by atoms with van der Waals surface area (Å²) in [5, 5.41) is 6.81. The molecule has 2 N–H and O–H groups in total. The molecule has 0 radical (unpaired) electrons. The molecule has 0 bridgehead atoms. The number of rotatable bonds is 8. The third kappa shape index (κ3) is 7.45. The van der Waals surface area contributed by atoms with Crippen LogP contribution in [-0.4, -0.2) is 68.6 Å². The van der Waals surface area contributed by atoms with Gasteiger partial charge < -0.3 is 20.4 Å². The molecular formula is C20H35N5. The molecule has 2 rings (SSSR count). The Bertz CT molecular complexity index is 521. The maximum Gasteiger partial charge on any atom is 0.191 e. The van der Waals surface area contributed by atoms with Crippen LogP contribution in [0.4, 0.5) is 0 Å². The molecule has 1 aliphatic rings.